The molecular formula is C40H58BN11O15S. The summed E-state index contributed by atoms with van der Waals surface area (Å²) in [7, 11) is 6.70. The molecule has 0 saturated carbocycles. The molecule has 9 N–H and O–H groups in total. The van der Waals surface area contributed by atoms with Crippen molar-refractivity contribution in [3.8, 4) is 0 Å². The van der Waals surface area contributed by atoms with Crippen molar-refractivity contribution in [2.24, 2.45) is 5.73 Å². The van der Waals surface area contributed by atoms with Crippen LogP contribution in [0.5, 0.6) is 0 Å². The van der Waals surface area contributed by atoms with E-state index in [4.69, 9.17) is 37.3 Å². The van der Waals surface area contributed by atoms with Crippen LogP contribution in [-0.4, -0.2) is 152 Å². The molecule has 0 saturated heterocycles. The number of carbonyl (C=O) groups excluding carboxylic acids is 8. The van der Waals surface area contributed by atoms with Crippen molar-refractivity contribution in [2.75, 3.05) is 65.0 Å². The van der Waals surface area contributed by atoms with Gasteiger partial charge >= 0.3 is 18.1 Å². The summed E-state index contributed by atoms with van der Waals surface area (Å²) in [6, 6.07) is 1.71. The summed E-state index contributed by atoms with van der Waals surface area (Å²) in [5, 5.41) is 27.5. The van der Waals surface area contributed by atoms with Gasteiger partial charge in [0.15, 0.2) is 0 Å². The number of aliphatic carboxylic acids is 1. The predicted molar refractivity (Wildman–Crippen MR) is 242 cm³/mol. The van der Waals surface area contributed by atoms with Crippen LogP contribution in [0.1, 0.15) is 68.8 Å². The molecule has 26 nitrogen and oxygen atoms in total. The van der Waals surface area contributed by atoms with Crippen LogP contribution in [-0.2, 0) is 72.3 Å². The number of imide groups is 1. The Morgan fingerprint density at radius 1 is 0.912 bits per heavy atom. The lowest BCUT2D eigenvalue weighted by atomic mass is 10.1. The summed E-state index contributed by atoms with van der Waals surface area (Å²) in [6.07, 6.45) is 3.80. The number of carbonyl (C=O) groups is 9. The van der Waals surface area contributed by atoms with Crippen LogP contribution in [0.15, 0.2) is 36.5 Å². The molecule has 0 spiro atoms. The first-order valence-corrected chi connectivity index (χ1v) is 21.9. The Balaban J connectivity index is 0.00000514. The molecule has 2 aromatic rings. The van der Waals surface area contributed by atoms with Crippen molar-refractivity contribution in [3.63, 3.8) is 0 Å². The summed E-state index contributed by atoms with van der Waals surface area (Å²) < 4.78 is 32.6. The third-order valence-corrected chi connectivity index (χ3v) is 9.23. The van der Waals surface area contributed by atoms with Crippen molar-refractivity contribution in [3.05, 3.63) is 53.4 Å². The fraction of sp³-hybridized carbons (Fsp3) is 0.525. The number of benzene rings is 1. The van der Waals surface area contributed by atoms with Gasteiger partial charge in [0.05, 0.1) is 64.8 Å². The number of anilines is 1. The minimum Gasteiger partial charge on any atom is -0.481 e. The number of nitrogens with zero attached hydrogens (tertiary/aromatic N) is 4. The molecule has 28 heteroatoms. The molecule has 1 aliphatic rings. The second-order valence-corrected chi connectivity index (χ2v) is 15.0. The number of hydrogen-bond donors (Lipinski definition) is 8. The van der Waals surface area contributed by atoms with Gasteiger partial charge in [-0.15, -0.1) is 5.10 Å². The topological polar surface area (TPSA) is 352 Å². The molecule has 0 bridgehead atoms. The van der Waals surface area contributed by atoms with Gasteiger partial charge in [0, 0.05) is 56.6 Å². The molecule has 1 aliphatic heterocycles. The highest BCUT2D eigenvalue weighted by Crippen LogP contribution is 2.20. The number of amides is 8. The van der Waals surface area contributed by atoms with Gasteiger partial charge in [-0.1, -0.05) is 31.5 Å². The average molecular weight is 976 g/mol. The highest BCUT2D eigenvalue weighted by atomic mass is 32.2. The lowest BCUT2D eigenvalue weighted by Crippen LogP contribution is -2.47. The number of nitrogens with one attached hydrogen (secondary N) is 6. The van der Waals surface area contributed by atoms with Crippen LogP contribution in [0.2, 0.25) is 0 Å². The van der Waals surface area contributed by atoms with Gasteiger partial charge in [-0.2, -0.15) is 0 Å². The van der Waals surface area contributed by atoms with E-state index in [1.54, 1.807) is 6.07 Å². The Morgan fingerprint density at radius 2 is 1.65 bits per heavy atom. The van der Waals surface area contributed by atoms with E-state index >= 15 is 0 Å². The van der Waals surface area contributed by atoms with E-state index in [1.807, 2.05) is 0 Å². The Morgan fingerprint density at radius 3 is 2.32 bits per heavy atom. The number of primary amides is 1. The Bertz CT molecular complexity index is 2010. The number of hydrogen-bond acceptors (Lipinski definition) is 18. The van der Waals surface area contributed by atoms with Gasteiger partial charge in [-0.3, -0.25) is 43.2 Å². The standard InChI is InChI=1S/C37H50BN11O15S.C3H8/c1-60-13-10-42-65-46-37(59)64-22-27(16-33(54)55)49-18-26(45-47-49)21-62-19-24-15-25(5-4-23(24)20-63-35(38)57)43-34(56)28(3-2-9-40-36(39)58)44-30(51)17-41-29(50)8-12-61-14-11-48-31(52)6-7-32(48)53;1-3-2/h4-7,15,18,27-28,42H,2-3,8-14,16-17,19-22H2,1H3,(H,41,50)(H,43,56)(H,44,51)(H,46,59)(H,54,55)(H3,39,40,58);3H2,1-2H3. The highest BCUT2D eigenvalue weighted by Gasteiger charge is 2.24. The van der Waals surface area contributed by atoms with Gasteiger partial charge in [0.25, 0.3) is 11.8 Å². The first kappa shape index (κ1) is 57.5. The van der Waals surface area contributed by atoms with E-state index in [0.29, 0.717) is 24.3 Å². The van der Waals surface area contributed by atoms with E-state index in [-0.39, 0.29) is 83.4 Å². The van der Waals surface area contributed by atoms with Crippen molar-refractivity contribution < 1.29 is 71.9 Å². The molecule has 372 valence electrons. The van der Waals surface area contributed by atoms with Crippen molar-refractivity contribution in [1.82, 2.24) is 45.3 Å². The number of aromatic nitrogens is 3. The molecule has 68 heavy (non-hydrogen) atoms. The van der Waals surface area contributed by atoms with Gasteiger partial charge < -0.3 is 55.8 Å². The Labute approximate surface area is 397 Å². The van der Waals surface area contributed by atoms with E-state index in [1.165, 1.54) is 36.5 Å². The van der Waals surface area contributed by atoms with Gasteiger partial charge in [-0.25, -0.2) is 19.0 Å². The lowest BCUT2D eigenvalue weighted by molar-refractivity contribution is -0.139. The summed E-state index contributed by atoms with van der Waals surface area (Å²) in [5.74, 6) is -5.06. The van der Waals surface area contributed by atoms with Crippen LogP contribution in [0, 0.1) is 0 Å². The molecule has 2 atom stereocenters. The van der Waals surface area contributed by atoms with Gasteiger partial charge in [0.2, 0.25) is 31.4 Å². The quantitative estimate of drug-likeness (QED) is 0.0215. The van der Waals surface area contributed by atoms with E-state index in [0.717, 1.165) is 29.2 Å². The maximum Gasteiger partial charge on any atom is 0.418 e. The largest absolute Gasteiger partial charge is 0.481 e. The summed E-state index contributed by atoms with van der Waals surface area (Å²) >= 11 is 0.866. The van der Waals surface area contributed by atoms with Crippen LogP contribution in [0.3, 0.4) is 0 Å². The van der Waals surface area contributed by atoms with Crippen LogP contribution < -0.4 is 36.4 Å². The van der Waals surface area contributed by atoms with Crippen LogP contribution in [0.25, 0.3) is 0 Å². The Kier molecular flexibility index (Phi) is 27.9. The molecule has 3 rings (SSSR count). The second-order valence-electron chi connectivity index (χ2n) is 14.3. The van der Waals surface area contributed by atoms with Gasteiger partial charge in [-0.05, 0) is 36.1 Å². The number of carboxylic acids is 1. The fourth-order valence-electron chi connectivity index (χ4n) is 5.46. The summed E-state index contributed by atoms with van der Waals surface area (Å²) in [4.78, 5) is 109. The normalized spacial score (nSPS) is 12.5. The minimum absolute atomic E-state index is 0.00474. The van der Waals surface area contributed by atoms with Crippen LogP contribution in [0.4, 0.5) is 20.1 Å². The first-order chi connectivity index (χ1) is 32.6. The van der Waals surface area contributed by atoms with Crippen LogP contribution >= 0.6 is 12.1 Å². The Hall–Kier alpha value is -6.62. The molecular weight excluding hydrogens is 917 g/mol. The maximum atomic E-state index is 13.6. The SMILES string of the molecule is CCC.[B]C(=O)OCc1ccc(NC(=O)C(CCCNC(N)=O)NC(=O)CNC(=O)CCOCCN2C(=O)C=CC2=O)cc1COCc1cn(C(COC(=O)NSNCCOC)CC(=O)O)nn1. The molecule has 1 aromatic carbocycles. The van der Waals surface area contributed by atoms with Gasteiger partial charge in [0.1, 0.15) is 24.9 Å². The average Bonchev–Trinajstić information content (AvgIpc) is 3.89. The number of urea groups is 1. The zero-order valence-electron chi connectivity index (χ0n) is 37.9. The molecule has 0 fully saturated rings. The smallest absolute Gasteiger partial charge is 0.418 e. The minimum atomic E-state index is -1.18. The number of carboxylic acid groups (broad SMARTS) is 1. The monoisotopic (exact) mass is 975 g/mol. The number of rotatable bonds is 31. The third-order valence-electron chi connectivity index (χ3n) is 8.61. The van der Waals surface area contributed by atoms with E-state index in [2.05, 4.69) is 54.9 Å². The van der Waals surface area contributed by atoms with Crippen molar-refractivity contribution in [2.45, 2.75) is 77.9 Å². The number of ether oxygens (including phenoxy) is 5. The first-order valence-electron chi connectivity index (χ1n) is 21.1. The molecule has 2 heterocycles. The highest BCUT2D eigenvalue weighted by molar-refractivity contribution is 7.96. The van der Waals surface area contributed by atoms with E-state index < -0.39 is 78.5 Å². The van der Waals surface area contributed by atoms with Crippen molar-refractivity contribution >= 4 is 79.2 Å². The molecule has 0 aliphatic carbocycles. The maximum absolute atomic E-state index is 13.6. The zero-order chi connectivity index (χ0) is 50.3. The predicted octanol–water partition coefficient (Wildman–Crippen LogP) is 0.0772. The molecule has 2 radical (unpaired) electrons. The molecule has 2 unspecified atom stereocenters. The lowest BCUT2D eigenvalue weighted by Gasteiger charge is -2.20. The van der Waals surface area contributed by atoms with Crippen molar-refractivity contribution in [1.29, 1.82) is 0 Å². The fourth-order valence-corrected chi connectivity index (χ4v) is 5.86. The molecule has 8 amide bonds. The second kappa shape index (κ2) is 33.0. The molecule has 1 aromatic heterocycles. The number of methoxy groups -OCH3 is 1. The zero-order valence-corrected chi connectivity index (χ0v) is 38.8. The van der Waals surface area contributed by atoms with E-state index in [9.17, 15) is 48.3 Å². The summed E-state index contributed by atoms with van der Waals surface area (Å²) in [6.45, 7) is 3.78. The third kappa shape index (κ3) is 24.2. The number of nitrogens with two attached hydrogens (primary N) is 1. The summed E-state index contributed by atoms with van der Waals surface area (Å²) in [5.41, 5.74) is 6.54.